The van der Waals surface area contributed by atoms with E-state index in [1.54, 1.807) is 12.1 Å². The molecular weight excluding hydrogens is 474 g/mol. The maximum absolute atomic E-state index is 14.2. The number of hydrogen-bond donors (Lipinski definition) is 0. The first kappa shape index (κ1) is 24.7. The molecule has 0 radical (unpaired) electrons. The van der Waals surface area contributed by atoms with Crippen molar-refractivity contribution in [3.8, 4) is 0 Å². The lowest BCUT2D eigenvalue weighted by Gasteiger charge is -2.22. The Labute approximate surface area is 199 Å². The molecule has 2 aromatic carbocycles. The highest BCUT2D eigenvalue weighted by molar-refractivity contribution is 7.22. The number of rotatable bonds is 6. The maximum atomic E-state index is 14.2. The molecular formula is C22H21ClF2N4O3S. The van der Waals surface area contributed by atoms with Crippen molar-refractivity contribution in [3.05, 3.63) is 53.6 Å². The summed E-state index contributed by atoms with van der Waals surface area (Å²) in [4.78, 5) is 45.9. The molecule has 4 rings (SSSR count). The van der Waals surface area contributed by atoms with E-state index in [0.717, 1.165) is 22.3 Å². The van der Waals surface area contributed by atoms with Crippen LogP contribution >= 0.6 is 23.7 Å². The van der Waals surface area contributed by atoms with Gasteiger partial charge in [-0.1, -0.05) is 11.3 Å². The standard InChI is InChI=1S/C22H20F2N4O3S.ClH/c1-26(2)9-10-27(22-25-20-16(24)11-14(23)12-17(20)32-22)21(31)13-3-5-15(6-4-13)28-18(29)7-8-19(28)30;/h3-6,11-12H,7-10H2,1-2H3;1H. The van der Waals surface area contributed by atoms with Crippen LogP contribution in [0.4, 0.5) is 19.6 Å². The predicted molar refractivity (Wildman–Crippen MR) is 125 cm³/mol. The number of carbonyl (C=O) groups excluding carboxylic acids is 3. The van der Waals surface area contributed by atoms with Crippen LogP contribution in [0, 0.1) is 11.6 Å². The first-order valence-electron chi connectivity index (χ1n) is 9.92. The van der Waals surface area contributed by atoms with E-state index in [-0.39, 0.29) is 60.2 Å². The highest BCUT2D eigenvalue weighted by Gasteiger charge is 2.30. The summed E-state index contributed by atoms with van der Waals surface area (Å²) >= 11 is 1.03. The van der Waals surface area contributed by atoms with Crippen LogP contribution in [0.2, 0.25) is 0 Å². The number of benzene rings is 2. The third-order valence-electron chi connectivity index (χ3n) is 5.07. The van der Waals surface area contributed by atoms with Gasteiger partial charge in [-0.3, -0.25) is 24.2 Å². The number of carbonyl (C=O) groups is 3. The summed E-state index contributed by atoms with van der Waals surface area (Å²) in [5.41, 5.74) is 0.736. The molecule has 1 aromatic heterocycles. The van der Waals surface area contributed by atoms with E-state index in [9.17, 15) is 23.2 Å². The number of hydrogen-bond acceptors (Lipinski definition) is 6. The molecule has 0 aliphatic carbocycles. The van der Waals surface area contributed by atoms with Gasteiger partial charge in [0.15, 0.2) is 10.9 Å². The zero-order valence-corrected chi connectivity index (χ0v) is 19.5. The summed E-state index contributed by atoms with van der Waals surface area (Å²) < 4.78 is 28.1. The van der Waals surface area contributed by atoms with Crippen molar-refractivity contribution >= 4 is 62.5 Å². The average molecular weight is 495 g/mol. The van der Waals surface area contributed by atoms with Crippen LogP contribution in [0.3, 0.4) is 0 Å². The predicted octanol–water partition coefficient (Wildman–Crippen LogP) is 3.86. The van der Waals surface area contributed by atoms with Crippen LogP contribution in [0.1, 0.15) is 23.2 Å². The fraction of sp³-hybridized carbons (Fsp3) is 0.273. The van der Waals surface area contributed by atoms with Crippen LogP contribution in [-0.2, 0) is 9.59 Å². The van der Waals surface area contributed by atoms with Crippen molar-refractivity contribution in [1.29, 1.82) is 0 Å². The van der Waals surface area contributed by atoms with E-state index in [1.165, 1.54) is 23.1 Å². The summed E-state index contributed by atoms with van der Waals surface area (Å²) in [5.74, 6) is -2.42. The molecule has 0 unspecified atom stereocenters. The molecule has 3 aromatic rings. The van der Waals surface area contributed by atoms with Gasteiger partial charge in [0, 0.05) is 37.6 Å². The second-order valence-corrected chi connectivity index (χ2v) is 8.67. The molecule has 1 aliphatic heterocycles. The number of aromatic nitrogens is 1. The fourth-order valence-electron chi connectivity index (χ4n) is 3.42. The Morgan fingerprint density at radius 1 is 1.06 bits per heavy atom. The van der Waals surface area contributed by atoms with Crippen molar-refractivity contribution in [1.82, 2.24) is 9.88 Å². The van der Waals surface area contributed by atoms with E-state index in [0.29, 0.717) is 22.5 Å². The summed E-state index contributed by atoms with van der Waals surface area (Å²) in [6.07, 6.45) is 0.346. The number of anilines is 2. The van der Waals surface area contributed by atoms with Crippen LogP contribution < -0.4 is 9.80 Å². The van der Waals surface area contributed by atoms with Crippen molar-refractivity contribution in [3.63, 3.8) is 0 Å². The lowest BCUT2D eigenvalue weighted by molar-refractivity contribution is -0.121. The molecule has 33 heavy (non-hydrogen) atoms. The van der Waals surface area contributed by atoms with Gasteiger partial charge in [-0.05, 0) is 44.4 Å². The molecule has 174 valence electrons. The molecule has 0 N–H and O–H groups in total. The number of halogens is 3. The molecule has 1 saturated heterocycles. The van der Waals surface area contributed by atoms with Gasteiger partial charge in [-0.15, -0.1) is 12.4 Å². The van der Waals surface area contributed by atoms with Gasteiger partial charge < -0.3 is 4.90 Å². The normalized spacial score (nSPS) is 13.7. The fourth-order valence-corrected chi connectivity index (χ4v) is 4.45. The molecule has 2 heterocycles. The van der Waals surface area contributed by atoms with Crippen LogP contribution in [0.15, 0.2) is 36.4 Å². The average Bonchev–Trinajstić information content (AvgIpc) is 3.31. The first-order valence-corrected chi connectivity index (χ1v) is 10.7. The summed E-state index contributed by atoms with van der Waals surface area (Å²) in [6, 6.07) is 8.11. The minimum absolute atomic E-state index is 0. The molecule has 0 bridgehead atoms. The Balaban J connectivity index is 0.00000306. The van der Waals surface area contributed by atoms with Crippen molar-refractivity contribution in [2.45, 2.75) is 12.8 Å². The molecule has 0 spiro atoms. The number of thiazole rings is 1. The van der Waals surface area contributed by atoms with Crippen LogP contribution in [0.5, 0.6) is 0 Å². The first-order chi connectivity index (χ1) is 15.2. The highest BCUT2D eigenvalue weighted by Crippen LogP contribution is 2.32. The maximum Gasteiger partial charge on any atom is 0.260 e. The second-order valence-electron chi connectivity index (χ2n) is 7.66. The Kier molecular flexibility index (Phi) is 7.41. The van der Waals surface area contributed by atoms with E-state index >= 15 is 0 Å². The minimum Gasteiger partial charge on any atom is -0.308 e. The third-order valence-corrected chi connectivity index (χ3v) is 6.10. The molecule has 0 atom stereocenters. The highest BCUT2D eigenvalue weighted by atomic mass is 35.5. The summed E-state index contributed by atoms with van der Waals surface area (Å²) in [7, 11) is 3.71. The number of imide groups is 1. The molecule has 1 fully saturated rings. The lowest BCUT2D eigenvalue weighted by Crippen LogP contribution is -2.36. The smallest absolute Gasteiger partial charge is 0.260 e. The van der Waals surface area contributed by atoms with Gasteiger partial charge in [-0.25, -0.2) is 13.8 Å². The lowest BCUT2D eigenvalue weighted by atomic mass is 10.1. The summed E-state index contributed by atoms with van der Waals surface area (Å²) in [5, 5.41) is 0.255. The van der Waals surface area contributed by atoms with Gasteiger partial charge in [0.25, 0.3) is 5.91 Å². The van der Waals surface area contributed by atoms with Crippen LogP contribution in [-0.4, -0.2) is 54.8 Å². The van der Waals surface area contributed by atoms with Crippen LogP contribution in [0.25, 0.3) is 10.2 Å². The molecule has 0 saturated carbocycles. The van der Waals surface area contributed by atoms with E-state index in [1.807, 2.05) is 19.0 Å². The second kappa shape index (κ2) is 9.90. The number of amides is 3. The SMILES string of the molecule is CN(C)CCN(C(=O)c1ccc(N2C(=O)CCC2=O)cc1)c1nc2c(F)cc(F)cc2s1.Cl. The third kappa shape index (κ3) is 5.02. The number of nitrogens with zero attached hydrogens (tertiary/aromatic N) is 4. The monoisotopic (exact) mass is 494 g/mol. The van der Waals surface area contributed by atoms with Crippen molar-refractivity contribution in [2.24, 2.45) is 0 Å². The van der Waals surface area contributed by atoms with E-state index in [2.05, 4.69) is 4.98 Å². The number of likely N-dealkylation sites (N-methyl/N-ethyl adjacent to an activating group) is 1. The quantitative estimate of drug-likeness (QED) is 0.486. The number of fused-ring (bicyclic) bond motifs is 1. The van der Waals surface area contributed by atoms with Gasteiger partial charge in [0.05, 0.1) is 10.4 Å². The zero-order valence-electron chi connectivity index (χ0n) is 17.9. The Morgan fingerprint density at radius 2 is 1.70 bits per heavy atom. The topological polar surface area (TPSA) is 73.8 Å². The van der Waals surface area contributed by atoms with Gasteiger partial charge >= 0.3 is 0 Å². The van der Waals surface area contributed by atoms with Gasteiger partial charge in [0.2, 0.25) is 11.8 Å². The Bertz CT molecular complexity index is 1200. The largest absolute Gasteiger partial charge is 0.308 e. The van der Waals surface area contributed by atoms with Gasteiger partial charge in [0.1, 0.15) is 11.3 Å². The van der Waals surface area contributed by atoms with E-state index < -0.39 is 11.6 Å². The molecule has 1 aliphatic rings. The Morgan fingerprint density at radius 3 is 2.30 bits per heavy atom. The van der Waals surface area contributed by atoms with Crippen molar-refractivity contribution < 1.29 is 23.2 Å². The van der Waals surface area contributed by atoms with Crippen molar-refractivity contribution in [2.75, 3.05) is 37.0 Å². The molecule has 7 nitrogen and oxygen atoms in total. The summed E-state index contributed by atoms with van der Waals surface area (Å²) in [6.45, 7) is 0.800. The molecule has 11 heteroatoms. The minimum atomic E-state index is -0.785. The zero-order chi connectivity index (χ0) is 23.0. The Hall–Kier alpha value is -2.95. The van der Waals surface area contributed by atoms with Gasteiger partial charge in [-0.2, -0.15) is 0 Å². The molecule has 3 amide bonds. The van der Waals surface area contributed by atoms with E-state index in [4.69, 9.17) is 0 Å².